The van der Waals surface area contributed by atoms with Crippen LogP contribution in [0.2, 0.25) is 0 Å². The highest BCUT2D eigenvalue weighted by molar-refractivity contribution is 5.78. The molecule has 0 bridgehead atoms. The Morgan fingerprint density at radius 2 is 2.19 bits per heavy atom. The van der Waals surface area contributed by atoms with Gasteiger partial charge in [-0.05, 0) is 31.0 Å². The average Bonchev–Trinajstić information content (AvgIpc) is 2.79. The van der Waals surface area contributed by atoms with E-state index in [4.69, 9.17) is 5.11 Å². The normalized spacial score (nSPS) is 21.4. The van der Waals surface area contributed by atoms with Crippen LogP contribution < -0.4 is 0 Å². The van der Waals surface area contributed by atoms with Gasteiger partial charge < -0.3 is 14.9 Å². The molecule has 0 saturated carbocycles. The van der Waals surface area contributed by atoms with Gasteiger partial charge in [0.15, 0.2) is 0 Å². The van der Waals surface area contributed by atoms with E-state index < -0.39 is 11.9 Å². The van der Waals surface area contributed by atoms with Crippen LogP contribution in [0.1, 0.15) is 18.9 Å². The number of likely N-dealkylation sites (tertiary alicyclic amines) is 1. The fourth-order valence-electron chi connectivity index (χ4n) is 2.74. The molecule has 0 aromatic heterocycles. The summed E-state index contributed by atoms with van der Waals surface area (Å²) in [6, 6.07) is 5.53. The molecule has 0 radical (unpaired) electrons. The van der Waals surface area contributed by atoms with Crippen molar-refractivity contribution in [3.05, 3.63) is 35.6 Å². The Kier molecular flexibility index (Phi) is 4.45. The van der Waals surface area contributed by atoms with E-state index in [0.29, 0.717) is 18.5 Å². The highest BCUT2D eigenvalue weighted by atomic mass is 19.1. The molecular weight excluding hydrogens is 275 g/mol. The van der Waals surface area contributed by atoms with E-state index in [1.807, 2.05) is 0 Å². The molecule has 0 spiro atoms. The summed E-state index contributed by atoms with van der Waals surface area (Å²) in [6.07, 6.45) is 0.468. The predicted octanol–water partition coefficient (Wildman–Crippen LogP) is 2.17. The molecule has 6 heteroatoms. The van der Waals surface area contributed by atoms with Crippen LogP contribution in [0, 0.1) is 11.7 Å². The van der Waals surface area contributed by atoms with E-state index in [1.54, 1.807) is 31.0 Å². The summed E-state index contributed by atoms with van der Waals surface area (Å²) in [5.74, 6) is -1.73. The van der Waals surface area contributed by atoms with Crippen molar-refractivity contribution in [3.8, 4) is 0 Å². The summed E-state index contributed by atoms with van der Waals surface area (Å²) >= 11 is 0. The molecular formula is C15H19FN2O3. The lowest BCUT2D eigenvalue weighted by molar-refractivity contribution is -0.142. The molecule has 1 saturated heterocycles. The molecule has 5 nitrogen and oxygen atoms in total. The number of carbonyl (C=O) groups excluding carboxylic acids is 1. The molecule has 1 heterocycles. The van der Waals surface area contributed by atoms with E-state index in [-0.39, 0.29) is 24.4 Å². The molecule has 2 rings (SSSR count). The molecule has 114 valence electrons. The zero-order valence-electron chi connectivity index (χ0n) is 12.1. The lowest BCUT2D eigenvalue weighted by Gasteiger charge is -2.28. The molecule has 1 aromatic rings. The Bertz CT molecular complexity index is 549. The Morgan fingerprint density at radius 1 is 1.48 bits per heavy atom. The van der Waals surface area contributed by atoms with Crippen LogP contribution in [0.3, 0.4) is 0 Å². The molecule has 2 amide bonds. The molecule has 0 aliphatic carbocycles. The smallest absolute Gasteiger partial charge is 0.320 e. The summed E-state index contributed by atoms with van der Waals surface area (Å²) in [6.45, 7) is 2.47. The number of hydrogen-bond donors (Lipinski definition) is 1. The van der Waals surface area contributed by atoms with Crippen LogP contribution in [0.25, 0.3) is 0 Å². The van der Waals surface area contributed by atoms with Gasteiger partial charge in [-0.2, -0.15) is 0 Å². The number of rotatable bonds is 3. The quantitative estimate of drug-likeness (QED) is 0.929. The van der Waals surface area contributed by atoms with Crippen LogP contribution in [0.4, 0.5) is 9.18 Å². The fourth-order valence-corrected chi connectivity index (χ4v) is 2.74. The summed E-state index contributed by atoms with van der Waals surface area (Å²) in [5, 5.41) is 9.09. The van der Waals surface area contributed by atoms with E-state index in [0.717, 1.165) is 0 Å². The number of aliphatic carboxylic acids is 1. The van der Waals surface area contributed by atoms with Gasteiger partial charge in [-0.25, -0.2) is 9.18 Å². The minimum absolute atomic E-state index is 0.226. The van der Waals surface area contributed by atoms with E-state index in [9.17, 15) is 14.0 Å². The van der Waals surface area contributed by atoms with Crippen molar-refractivity contribution in [1.29, 1.82) is 0 Å². The zero-order valence-corrected chi connectivity index (χ0v) is 12.1. The van der Waals surface area contributed by atoms with Gasteiger partial charge in [0.2, 0.25) is 0 Å². The lowest BCUT2D eigenvalue weighted by atomic mass is 10.0. The maximum atomic E-state index is 13.1. The van der Waals surface area contributed by atoms with E-state index in [1.165, 1.54) is 17.0 Å². The molecule has 1 N–H and O–H groups in total. The van der Waals surface area contributed by atoms with E-state index >= 15 is 0 Å². The number of nitrogens with zero attached hydrogens (tertiary/aromatic N) is 2. The van der Waals surface area contributed by atoms with Gasteiger partial charge in [-0.1, -0.05) is 12.1 Å². The third kappa shape index (κ3) is 3.32. The lowest BCUT2D eigenvalue weighted by Crippen LogP contribution is -2.44. The Hall–Kier alpha value is -2.11. The molecule has 1 fully saturated rings. The Labute approximate surface area is 123 Å². The standard InChI is InChI=1S/C15H19FN2O3/c1-10-13(14(19)20)6-7-18(10)15(21)17(2)9-11-4-3-5-12(16)8-11/h3-5,8,10,13H,6-7,9H2,1-2H3,(H,19,20). The molecule has 1 aliphatic rings. The highest BCUT2D eigenvalue weighted by Crippen LogP contribution is 2.25. The van der Waals surface area contributed by atoms with Crippen LogP contribution >= 0.6 is 0 Å². The van der Waals surface area contributed by atoms with Crippen molar-refractivity contribution in [2.45, 2.75) is 25.9 Å². The van der Waals surface area contributed by atoms with Gasteiger partial charge in [0, 0.05) is 26.2 Å². The number of amides is 2. The van der Waals surface area contributed by atoms with Gasteiger partial charge >= 0.3 is 12.0 Å². The minimum Gasteiger partial charge on any atom is -0.481 e. The monoisotopic (exact) mass is 294 g/mol. The second-order valence-electron chi connectivity index (χ2n) is 5.44. The summed E-state index contributed by atoms with van der Waals surface area (Å²) < 4.78 is 13.1. The van der Waals surface area contributed by atoms with Crippen LogP contribution in [-0.2, 0) is 11.3 Å². The van der Waals surface area contributed by atoms with Crippen molar-refractivity contribution in [2.75, 3.05) is 13.6 Å². The third-order valence-electron chi connectivity index (χ3n) is 3.95. The number of halogens is 1. The summed E-state index contributed by atoms with van der Waals surface area (Å²) in [5.41, 5.74) is 0.701. The van der Waals surface area contributed by atoms with Crippen LogP contribution in [0.5, 0.6) is 0 Å². The molecule has 2 atom stereocenters. The minimum atomic E-state index is -0.870. The number of benzene rings is 1. The number of carbonyl (C=O) groups is 2. The molecule has 21 heavy (non-hydrogen) atoms. The first-order chi connectivity index (χ1) is 9.90. The number of hydrogen-bond acceptors (Lipinski definition) is 2. The number of carboxylic acid groups (broad SMARTS) is 1. The fraction of sp³-hybridized carbons (Fsp3) is 0.467. The average molecular weight is 294 g/mol. The first-order valence-electron chi connectivity index (χ1n) is 6.89. The SMILES string of the molecule is CC1C(C(=O)O)CCN1C(=O)N(C)Cc1cccc(F)c1. The maximum Gasteiger partial charge on any atom is 0.320 e. The van der Waals surface area contributed by atoms with Crippen molar-refractivity contribution in [3.63, 3.8) is 0 Å². The second-order valence-corrected chi connectivity index (χ2v) is 5.44. The Morgan fingerprint density at radius 3 is 2.76 bits per heavy atom. The van der Waals surface area contributed by atoms with Crippen LogP contribution in [0.15, 0.2) is 24.3 Å². The largest absolute Gasteiger partial charge is 0.481 e. The van der Waals surface area contributed by atoms with Crippen molar-refractivity contribution >= 4 is 12.0 Å². The predicted molar refractivity (Wildman–Crippen MR) is 75.2 cm³/mol. The van der Waals surface area contributed by atoms with Gasteiger partial charge in [0.05, 0.1) is 5.92 Å². The zero-order chi connectivity index (χ0) is 15.6. The topological polar surface area (TPSA) is 60.9 Å². The molecule has 2 unspecified atom stereocenters. The first-order valence-corrected chi connectivity index (χ1v) is 6.89. The summed E-state index contributed by atoms with van der Waals surface area (Å²) in [4.78, 5) is 26.5. The maximum absolute atomic E-state index is 13.1. The molecule has 1 aromatic carbocycles. The van der Waals surface area contributed by atoms with E-state index in [2.05, 4.69) is 0 Å². The first kappa shape index (κ1) is 15.3. The summed E-state index contributed by atoms with van der Waals surface area (Å²) in [7, 11) is 1.63. The number of urea groups is 1. The van der Waals surface area contributed by atoms with Crippen molar-refractivity contribution in [2.24, 2.45) is 5.92 Å². The Balaban J connectivity index is 2.01. The van der Waals surface area contributed by atoms with Gasteiger partial charge in [0.1, 0.15) is 5.82 Å². The second kappa shape index (κ2) is 6.11. The van der Waals surface area contributed by atoms with Gasteiger partial charge in [-0.15, -0.1) is 0 Å². The van der Waals surface area contributed by atoms with Crippen molar-refractivity contribution in [1.82, 2.24) is 9.80 Å². The molecule has 1 aliphatic heterocycles. The van der Waals surface area contributed by atoms with Crippen molar-refractivity contribution < 1.29 is 19.1 Å². The number of carboxylic acids is 1. The van der Waals surface area contributed by atoms with Gasteiger partial charge in [0.25, 0.3) is 0 Å². The third-order valence-corrected chi connectivity index (χ3v) is 3.95. The van der Waals surface area contributed by atoms with Gasteiger partial charge in [-0.3, -0.25) is 4.79 Å². The highest BCUT2D eigenvalue weighted by Gasteiger charge is 2.39. The van der Waals surface area contributed by atoms with Crippen LogP contribution in [-0.4, -0.2) is 46.5 Å².